The average molecular weight is 427 g/mol. The van der Waals surface area contributed by atoms with Crippen LogP contribution in [0.25, 0.3) is 0 Å². The van der Waals surface area contributed by atoms with Crippen molar-refractivity contribution in [1.29, 1.82) is 0 Å². The Bertz CT molecular complexity index is 875. The van der Waals surface area contributed by atoms with Gasteiger partial charge in [0.15, 0.2) is 0 Å². The molecule has 158 valence electrons. The lowest BCUT2D eigenvalue weighted by molar-refractivity contribution is -0.149. The van der Waals surface area contributed by atoms with Crippen LogP contribution in [0.1, 0.15) is 24.0 Å². The van der Waals surface area contributed by atoms with Gasteiger partial charge in [-0.15, -0.1) is 0 Å². The number of carboxylic acid groups (broad SMARTS) is 1. The molecule has 0 spiro atoms. The van der Waals surface area contributed by atoms with Crippen molar-refractivity contribution in [3.8, 4) is 0 Å². The minimum absolute atomic E-state index is 0.292. The molecule has 1 fully saturated rings. The second kappa shape index (κ2) is 10.3. The first kappa shape index (κ1) is 21.9. The van der Waals surface area contributed by atoms with Crippen LogP contribution in [0.4, 0.5) is 0 Å². The molecule has 7 heteroatoms. The molecular formula is C23H26N2O4S. The Labute approximate surface area is 181 Å². The van der Waals surface area contributed by atoms with Crippen LogP contribution in [0.15, 0.2) is 60.7 Å². The van der Waals surface area contributed by atoms with Gasteiger partial charge in [-0.25, -0.2) is 4.79 Å². The summed E-state index contributed by atoms with van der Waals surface area (Å²) in [6.07, 6.45) is 1.79. The largest absolute Gasteiger partial charge is 0.480 e. The molecule has 0 radical (unpaired) electrons. The maximum absolute atomic E-state index is 13.2. The normalized spacial score (nSPS) is 17.9. The highest BCUT2D eigenvalue weighted by molar-refractivity contribution is 7.81. The standard InChI is InChI=1S/C23H26N2O4S/c26-21(20(30)15-17-10-5-2-6-11-17)24-18(14-16-8-3-1-4-9-16)22(27)25-13-7-12-19(25)23(28)29/h1-6,8-11,18-20,30H,7,12-15H2,(H,24,26)(H,28,29)/t18-,19?,20-/m0/s1. The van der Waals surface area contributed by atoms with Crippen molar-refractivity contribution in [3.05, 3.63) is 71.8 Å². The Kier molecular flexibility index (Phi) is 7.52. The number of carbonyl (C=O) groups excluding carboxylic acids is 2. The van der Waals surface area contributed by atoms with Gasteiger partial charge in [0.2, 0.25) is 11.8 Å². The van der Waals surface area contributed by atoms with Gasteiger partial charge in [-0.1, -0.05) is 60.7 Å². The van der Waals surface area contributed by atoms with E-state index in [2.05, 4.69) is 17.9 Å². The third-order valence-corrected chi connectivity index (χ3v) is 5.71. The summed E-state index contributed by atoms with van der Waals surface area (Å²) in [5.41, 5.74) is 1.87. The zero-order chi connectivity index (χ0) is 21.5. The molecular weight excluding hydrogens is 400 g/mol. The maximum atomic E-state index is 13.2. The number of thiol groups is 1. The van der Waals surface area contributed by atoms with Gasteiger partial charge in [0, 0.05) is 13.0 Å². The summed E-state index contributed by atoms with van der Waals surface area (Å²) in [5, 5.41) is 11.6. The lowest BCUT2D eigenvalue weighted by Gasteiger charge is -2.28. The molecule has 0 aromatic heterocycles. The number of hydrogen-bond acceptors (Lipinski definition) is 4. The molecule has 2 aromatic carbocycles. The molecule has 0 saturated carbocycles. The second-order valence-electron chi connectivity index (χ2n) is 7.48. The van der Waals surface area contributed by atoms with E-state index < -0.39 is 23.3 Å². The quantitative estimate of drug-likeness (QED) is 0.566. The van der Waals surface area contributed by atoms with Gasteiger partial charge in [0.1, 0.15) is 12.1 Å². The zero-order valence-electron chi connectivity index (χ0n) is 16.6. The van der Waals surface area contributed by atoms with Crippen molar-refractivity contribution in [1.82, 2.24) is 10.2 Å². The van der Waals surface area contributed by atoms with E-state index >= 15 is 0 Å². The third-order valence-electron chi connectivity index (χ3n) is 5.29. The Hall–Kier alpha value is -2.80. The van der Waals surface area contributed by atoms with Crippen LogP contribution in [0, 0.1) is 0 Å². The van der Waals surface area contributed by atoms with Crippen LogP contribution in [0.3, 0.4) is 0 Å². The van der Waals surface area contributed by atoms with E-state index in [0.29, 0.717) is 32.2 Å². The minimum atomic E-state index is -1.01. The van der Waals surface area contributed by atoms with Crippen LogP contribution >= 0.6 is 12.6 Å². The number of carbonyl (C=O) groups is 3. The summed E-state index contributed by atoms with van der Waals surface area (Å²) in [6, 6.07) is 17.2. The predicted octanol–water partition coefficient (Wildman–Crippen LogP) is 2.33. The highest BCUT2D eigenvalue weighted by atomic mass is 32.1. The molecule has 2 N–H and O–H groups in total. The molecule has 3 rings (SSSR count). The Balaban J connectivity index is 1.74. The summed E-state index contributed by atoms with van der Waals surface area (Å²) in [7, 11) is 0. The first-order chi connectivity index (χ1) is 14.5. The minimum Gasteiger partial charge on any atom is -0.480 e. The van der Waals surface area contributed by atoms with E-state index in [9.17, 15) is 19.5 Å². The van der Waals surface area contributed by atoms with E-state index in [1.54, 1.807) is 0 Å². The smallest absolute Gasteiger partial charge is 0.326 e. The van der Waals surface area contributed by atoms with Crippen molar-refractivity contribution >= 4 is 30.4 Å². The molecule has 1 unspecified atom stereocenters. The Morgan fingerprint density at radius 2 is 1.57 bits per heavy atom. The van der Waals surface area contributed by atoms with E-state index in [4.69, 9.17) is 0 Å². The highest BCUT2D eigenvalue weighted by Crippen LogP contribution is 2.20. The van der Waals surface area contributed by atoms with Gasteiger partial charge < -0.3 is 15.3 Å². The van der Waals surface area contributed by atoms with Gasteiger partial charge in [-0.3, -0.25) is 9.59 Å². The van der Waals surface area contributed by atoms with E-state index in [0.717, 1.165) is 11.1 Å². The number of likely N-dealkylation sites (tertiary alicyclic amines) is 1. The van der Waals surface area contributed by atoms with Crippen LogP contribution in [0.2, 0.25) is 0 Å². The molecule has 1 saturated heterocycles. The fraction of sp³-hybridized carbons (Fsp3) is 0.348. The first-order valence-corrected chi connectivity index (χ1v) is 10.6. The molecule has 1 heterocycles. The molecule has 2 amide bonds. The Morgan fingerprint density at radius 3 is 2.13 bits per heavy atom. The molecule has 30 heavy (non-hydrogen) atoms. The van der Waals surface area contributed by atoms with Gasteiger partial charge >= 0.3 is 5.97 Å². The Morgan fingerprint density at radius 1 is 1.00 bits per heavy atom. The van der Waals surface area contributed by atoms with Crippen molar-refractivity contribution < 1.29 is 19.5 Å². The van der Waals surface area contributed by atoms with Crippen molar-refractivity contribution in [2.45, 2.75) is 43.0 Å². The summed E-state index contributed by atoms with van der Waals surface area (Å²) in [6.45, 7) is 0.380. The summed E-state index contributed by atoms with van der Waals surface area (Å²) in [4.78, 5) is 38.9. The predicted molar refractivity (Wildman–Crippen MR) is 117 cm³/mol. The number of amides is 2. The molecule has 2 aromatic rings. The molecule has 0 aliphatic carbocycles. The first-order valence-electron chi connectivity index (χ1n) is 10.1. The molecule has 3 atom stereocenters. The lowest BCUT2D eigenvalue weighted by Crippen LogP contribution is -2.53. The SMILES string of the molecule is O=C(O)C1CCCN1C(=O)[C@H](Cc1ccccc1)NC(=O)[C@@H](S)Cc1ccccc1. The van der Waals surface area contributed by atoms with Crippen molar-refractivity contribution in [2.24, 2.45) is 0 Å². The number of hydrogen-bond donors (Lipinski definition) is 3. The molecule has 0 bridgehead atoms. The summed E-state index contributed by atoms with van der Waals surface area (Å²) in [5.74, 6) is -1.72. The van der Waals surface area contributed by atoms with Crippen LogP contribution in [0.5, 0.6) is 0 Å². The van der Waals surface area contributed by atoms with Crippen LogP contribution in [-0.2, 0) is 27.2 Å². The summed E-state index contributed by atoms with van der Waals surface area (Å²) >= 11 is 4.43. The van der Waals surface area contributed by atoms with Crippen molar-refractivity contribution in [2.75, 3.05) is 6.54 Å². The van der Waals surface area contributed by atoms with Gasteiger partial charge in [-0.05, 0) is 30.4 Å². The van der Waals surface area contributed by atoms with Gasteiger partial charge in [0.25, 0.3) is 0 Å². The molecule has 1 aliphatic heterocycles. The fourth-order valence-electron chi connectivity index (χ4n) is 3.74. The topological polar surface area (TPSA) is 86.7 Å². The number of carboxylic acids is 1. The van der Waals surface area contributed by atoms with Crippen LogP contribution in [-0.4, -0.2) is 51.7 Å². The average Bonchev–Trinajstić information content (AvgIpc) is 3.24. The maximum Gasteiger partial charge on any atom is 0.326 e. The summed E-state index contributed by atoms with van der Waals surface area (Å²) < 4.78 is 0. The second-order valence-corrected chi connectivity index (χ2v) is 8.11. The van der Waals surface area contributed by atoms with Gasteiger partial charge in [-0.2, -0.15) is 12.6 Å². The zero-order valence-corrected chi connectivity index (χ0v) is 17.5. The fourth-order valence-corrected chi connectivity index (χ4v) is 4.02. The van der Waals surface area contributed by atoms with Crippen molar-refractivity contribution in [3.63, 3.8) is 0 Å². The number of benzene rings is 2. The number of rotatable bonds is 8. The third kappa shape index (κ3) is 5.63. The van der Waals surface area contributed by atoms with Crippen LogP contribution < -0.4 is 5.32 Å². The van der Waals surface area contributed by atoms with E-state index in [1.165, 1.54) is 4.90 Å². The van der Waals surface area contributed by atoms with E-state index in [-0.39, 0.29) is 11.8 Å². The monoisotopic (exact) mass is 426 g/mol. The lowest BCUT2D eigenvalue weighted by atomic mass is 10.0. The van der Waals surface area contributed by atoms with Gasteiger partial charge in [0.05, 0.1) is 5.25 Å². The number of aliphatic carboxylic acids is 1. The van der Waals surface area contributed by atoms with E-state index in [1.807, 2.05) is 60.7 Å². The highest BCUT2D eigenvalue weighted by Gasteiger charge is 2.38. The number of nitrogens with one attached hydrogen (secondary N) is 1. The molecule has 6 nitrogen and oxygen atoms in total. The number of nitrogens with zero attached hydrogens (tertiary/aromatic N) is 1. The molecule has 1 aliphatic rings.